The van der Waals surface area contributed by atoms with E-state index in [2.05, 4.69) is 4.99 Å². The number of rotatable bonds is 1. The molecule has 1 aliphatic heterocycles. The third kappa shape index (κ3) is 1.87. The Morgan fingerprint density at radius 3 is 3.06 bits per heavy atom. The smallest absolute Gasteiger partial charge is 0.274 e. The predicted octanol–water partition coefficient (Wildman–Crippen LogP) is 0.852. The van der Waals surface area contributed by atoms with Crippen LogP contribution in [0.2, 0.25) is 0 Å². The monoisotopic (exact) mass is 278 g/mol. The van der Waals surface area contributed by atoms with Crippen molar-refractivity contribution in [2.75, 3.05) is 0 Å². The second kappa shape index (κ2) is 4.29. The van der Waals surface area contributed by atoms with Crippen molar-refractivity contribution in [2.45, 2.75) is 19.4 Å². The molecule has 0 aromatic carbocycles. The number of aromatic nitrogens is 1. The van der Waals surface area contributed by atoms with Gasteiger partial charge in [0.2, 0.25) is 5.91 Å². The second-order valence-electron chi connectivity index (χ2n) is 4.13. The first-order valence-corrected chi connectivity index (χ1v) is 7.23. The first-order valence-electron chi connectivity index (χ1n) is 5.53. The SMILES string of the molecule is CC1CC(=O)n2c(s/c(=C/c3cccs3)c2=O)=N1. The lowest BCUT2D eigenvalue weighted by Gasteiger charge is -2.09. The molecule has 0 aliphatic carbocycles. The molecule has 2 aromatic rings. The molecule has 0 N–H and O–H groups in total. The number of fused-ring (bicyclic) bond motifs is 1. The van der Waals surface area contributed by atoms with Gasteiger partial charge in [0.15, 0.2) is 4.80 Å². The average Bonchev–Trinajstić information content (AvgIpc) is 2.88. The van der Waals surface area contributed by atoms with Crippen molar-refractivity contribution >= 4 is 34.7 Å². The topological polar surface area (TPSA) is 51.4 Å². The van der Waals surface area contributed by atoms with Gasteiger partial charge < -0.3 is 0 Å². The standard InChI is InChI=1S/C12H10N2O2S2/c1-7-5-10(15)14-11(16)9(18-12(14)13-7)6-8-3-2-4-17-8/h2-4,6-7H,5H2,1H3/b9-6+. The summed E-state index contributed by atoms with van der Waals surface area (Å²) in [6.07, 6.45) is 2.12. The van der Waals surface area contributed by atoms with E-state index in [0.29, 0.717) is 15.8 Å². The highest BCUT2D eigenvalue weighted by Crippen LogP contribution is 2.08. The maximum Gasteiger partial charge on any atom is 0.277 e. The first-order chi connectivity index (χ1) is 8.65. The van der Waals surface area contributed by atoms with Crippen molar-refractivity contribution in [1.29, 1.82) is 0 Å². The van der Waals surface area contributed by atoms with E-state index >= 15 is 0 Å². The van der Waals surface area contributed by atoms with Crippen molar-refractivity contribution in [3.8, 4) is 0 Å². The van der Waals surface area contributed by atoms with Crippen LogP contribution in [0.3, 0.4) is 0 Å². The van der Waals surface area contributed by atoms with Gasteiger partial charge in [0.25, 0.3) is 5.56 Å². The quantitative estimate of drug-likeness (QED) is 0.776. The van der Waals surface area contributed by atoms with E-state index in [9.17, 15) is 9.59 Å². The fourth-order valence-corrected chi connectivity index (χ4v) is 3.66. The summed E-state index contributed by atoms with van der Waals surface area (Å²) in [5, 5.41) is 1.95. The van der Waals surface area contributed by atoms with Gasteiger partial charge in [0.1, 0.15) is 0 Å². The molecular formula is C12H10N2O2S2. The highest BCUT2D eigenvalue weighted by molar-refractivity contribution is 7.11. The molecule has 0 saturated heterocycles. The van der Waals surface area contributed by atoms with E-state index in [1.807, 2.05) is 30.5 Å². The van der Waals surface area contributed by atoms with Crippen LogP contribution in [0.15, 0.2) is 27.3 Å². The molecule has 2 aromatic heterocycles. The Balaban J connectivity index is 2.28. The molecule has 3 rings (SSSR count). The zero-order chi connectivity index (χ0) is 12.7. The molecule has 1 aliphatic rings. The van der Waals surface area contributed by atoms with Crippen molar-refractivity contribution in [2.24, 2.45) is 4.99 Å². The molecule has 0 amide bonds. The lowest BCUT2D eigenvalue weighted by molar-refractivity contribution is 0.0877. The Kier molecular flexibility index (Phi) is 2.76. The number of carbonyl (C=O) groups excluding carboxylic acids is 1. The number of nitrogens with zero attached hydrogens (tertiary/aromatic N) is 2. The van der Waals surface area contributed by atoms with Gasteiger partial charge >= 0.3 is 0 Å². The summed E-state index contributed by atoms with van der Waals surface area (Å²) in [7, 11) is 0. The molecule has 0 fully saturated rings. The number of hydrogen-bond acceptors (Lipinski definition) is 5. The molecule has 92 valence electrons. The third-order valence-electron chi connectivity index (χ3n) is 2.67. The molecule has 0 radical (unpaired) electrons. The van der Waals surface area contributed by atoms with E-state index in [-0.39, 0.29) is 17.5 Å². The van der Waals surface area contributed by atoms with Crippen LogP contribution < -0.4 is 14.9 Å². The van der Waals surface area contributed by atoms with Gasteiger partial charge in [-0.3, -0.25) is 14.6 Å². The molecule has 18 heavy (non-hydrogen) atoms. The third-order valence-corrected chi connectivity index (χ3v) is 4.48. The van der Waals surface area contributed by atoms with Crippen LogP contribution in [-0.2, 0) is 0 Å². The summed E-state index contributed by atoms with van der Waals surface area (Å²) in [5.41, 5.74) is -0.246. The predicted molar refractivity (Wildman–Crippen MR) is 72.0 cm³/mol. The van der Waals surface area contributed by atoms with E-state index in [1.54, 1.807) is 11.3 Å². The zero-order valence-electron chi connectivity index (χ0n) is 9.62. The van der Waals surface area contributed by atoms with Crippen molar-refractivity contribution < 1.29 is 4.79 Å². The van der Waals surface area contributed by atoms with Crippen molar-refractivity contribution in [3.63, 3.8) is 0 Å². The Hall–Kier alpha value is -1.53. The molecule has 1 atom stereocenters. The van der Waals surface area contributed by atoms with Crippen LogP contribution in [0, 0.1) is 0 Å². The Morgan fingerprint density at radius 1 is 1.50 bits per heavy atom. The van der Waals surface area contributed by atoms with E-state index < -0.39 is 0 Å². The minimum Gasteiger partial charge on any atom is -0.274 e. The van der Waals surface area contributed by atoms with Gasteiger partial charge in [0, 0.05) is 11.3 Å². The maximum absolute atomic E-state index is 12.1. The normalized spacial score (nSPS) is 19.7. The Morgan fingerprint density at radius 2 is 2.33 bits per heavy atom. The largest absolute Gasteiger partial charge is 0.277 e. The molecule has 1 unspecified atom stereocenters. The summed E-state index contributed by atoms with van der Waals surface area (Å²) < 4.78 is 1.77. The van der Waals surface area contributed by atoms with Crippen LogP contribution in [-0.4, -0.2) is 16.5 Å². The highest BCUT2D eigenvalue weighted by atomic mass is 32.1. The number of hydrogen-bond donors (Lipinski definition) is 0. The first kappa shape index (κ1) is 11.6. The number of thiazole rings is 1. The van der Waals surface area contributed by atoms with E-state index in [0.717, 1.165) is 4.88 Å². The fraction of sp³-hybridized carbons (Fsp3) is 0.250. The summed E-state index contributed by atoms with van der Waals surface area (Å²) in [5.74, 6) is -0.153. The molecule has 6 heteroatoms. The minimum atomic E-state index is -0.246. The summed E-state index contributed by atoms with van der Waals surface area (Å²) >= 11 is 2.84. The van der Waals surface area contributed by atoms with Gasteiger partial charge in [-0.25, -0.2) is 4.57 Å². The van der Waals surface area contributed by atoms with Gasteiger partial charge in [-0.2, -0.15) is 0 Å². The van der Waals surface area contributed by atoms with E-state index in [4.69, 9.17) is 0 Å². The molecule has 3 heterocycles. The zero-order valence-corrected chi connectivity index (χ0v) is 11.3. The average molecular weight is 278 g/mol. The van der Waals surface area contributed by atoms with Gasteiger partial charge in [0.05, 0.1) is 10.6 Å². The minimum absolute atomic E-state index is 0.0369. The number of carbonyl (C=O) groups is 1. The van der Waals surface area contributed by atoms with Gasteiger partial charge in [-0.1, -0.05) is 17.4 Å². The van der Waals surface area contributed by atoms with Crippen molar-refractivity contribution in [3.05, 3.63) is 42.1 Å². The summed E-state index contributed by atoms with van der Waals surface area (Å²) in [6.45, 7) is 1.88. The van der Waals surface area contributed by atoms with E-state index in [1.165, 1.54) is 15.9 Å². The molecule has 4 nitrogen and oxygen atoms in total. The second-order valence-corrected chi connectivity index (χ2v) is 6.11. The van der Waals surface area contributed by atoms with Crippen LogP contribution in [0.25, 0.3) is 6.08 Å². The summed E-state index contributed by atoms with van der Waals surface area (Å²) in [4.78, 5) is 29.8. The molecule has 0 spiro atoms. The highest BCUT2D eigenvalue weighted by Gasteiger charge is 2.20. The Bertz CT molecular complexity index is 768. The van der Waals surface area contributed by atoms with Gasteiger partial charge in [-0.15, -0.1) is 11.3 Å². The lowest BCUT2D eigenvalue weighted by atomic mass is 10.2. The van der Waals surface area contributed by atoms with Crippen LogP contribution in [0.1, 0.15) is 23.0 Å². The number of thiophene rings is 1. The van der Waals surface area contributed by atoms with Crippen molar-refractivity contribution in [1.82, 2.24) is 4.57 Å². The van der Waals surface area contributed by atoms with Crippen LogP contribution in [0.4, 0.5) is 0 Å². The fourth-order valence-electron chi connectivity index (χ4n) is 1.86. The van der Waals surface area contributed by atoms with Crippen LogP contribution >= 0.6 is 22.7 Å². The molecule has 0 saturated carbocycles. The van der Waals surface area contributed by atoms with Gasteiger partial charge in [-0.05, 0) is 24.4 Å². The van der Waals surface area contributed by atoms with Crippen LogP contribution in [0.5, 0.6) is 0 Å². The lowest BCUT2D eigenvalue weighted by Crippen LogP contribution is -2.40. The molecular weight excluding hydrogens is 268 g/mol. The molecule has 0 bridgehead atoms. The Labute approximate surface area is 111 Å². The maximum atomic E-state index is 12.1. The summed E-state index contributed by atoms with van der Waals surface area (Å²) in [6, 6.07) is 3.83.